The molecule has 0 saturated carbocycles. The molecule has 0 unspecified atom stereocenters. The van der Waals surface area contributed by atoms with Crippen LogP contribution < -0.4 is 9.62 Å². The minimum atomic E-state index is -3.70. The van der Waals surface area contributed by atoms with Crippen molar-refractivity contribution in [3.63, 3.8) is 0 Å². The molecule has 9 heteroatoms. The number of nitrogens with zero attached hydrogens (tertiary/aromatic N) is 4. The van der Waals surface area contributed by atoms with Crippen LogP contribution in [0.25, 0.3) is 0 Å². The number of aromatic amines is 1. The fourth-order valence-corrected chi connectivity index (χ4v) is 3.15. The van der Waals surface area contributed by atoms with E-state index in [-0.39, 0.29) is 4.90 Å². The lowest BCUT2D eigenvalue weighted by Crippen LogP contribution is -2.16. The molecule has 0 atom stereocenters. The number of hydrogen-bond donors (Lipinski definition) is 2. The second-order valence-corrected chi connectivity index (χ2v) is 6.15. The Morgan fingerprint density at radius 1 is 1.20 bits per heavy atom. The van der Waals surface area contributed by atoms with E-state index in [0.717, 1.165) is 0 Å². The van der Waals surface area contributed by atoms with Crippen molar-refractivity contribution in [1.29, 1.82) is 0 Å². The van der Waals surface area contributed by atoms with Crippen LogP contribution in [-0.2, 0) is 10.0 Å². The van der Waals surface area contributed by atoms with E-state index in [2.05, 4.69) is 24.9 Å². The van der Waals surface area contributed by atoms with Crippen LogP contribution in [0, 0.1) is 13.8 Å². The number of anilines is 2. The van der Waals surface area contributed by atoms with Crippen molar-refractivity contribution in [3.8, 4) is 0 Å². The molecule has 2 heterocycles. The zero-order valence-electron chi connectivity index (χ0n) is 11.7. The highest BCUT2D eigenvalue weighted by Gasteiger charge is 2.22. The fraction of sp³-hybridized carbons (Fsp3) is 0.364. The van der Waals surface area contributed by atoms with E-state index in [1.54, 1.807) is 32.8 Å². The molecule has 108 valence electrons. The van der Waals surface area contributed by atoms with Gasteiger partial charge in [-0.25, -0.2) is 18.4 Å². The van der Waals surface area contributed by atoms with E-state index in [1.807, 2.05) is 0 Å². The summed E-state index contributed by atoms with van der Waals surface area (Å²) in [5, 5.41) is 6.53. The normalized spacial score (nSPS) is 11.4. The first-order valence-electron chi connectivity index (χ1n) is 5.85. The molecular weight excluding hydrogens is 280 g/mol. The predicted molar refractivity (Wildman–Crippen MR) is 75.2 cm³/mol. The zero-order valence-corrected chi connectivity index (χ0v) is 12.5. The van der Waals surface area contributed by atoms with Crippen LogP contribution in [0.3, 0.4) is 0 Å². The molecular formula is C11H16N6O2S. The molecule has 2 rings (SSSR count). The molecule has 0 aliphatic heterocycles. The van der Waals surface area contributed by atoms with Crippen molar-refractivity contribution in [3.05, 3.63) is 23.8 Å². The Bertz CT molecular complexity index is 686. The number of rotatable bonds is 4. The third kappa shape index (κ3) is 2.72. The highest BCUT2D eigenvalue weighted by atomic mass is 32.2. The standard InChI is InChI=1S/C11H16N6O2S/c1-7-10(8(2)15-14-7)20(18,19)16-9-5-12-11(13-6-9)17(3)4/h5-6,16H,1-4H3,(H,14,15). The summed E-state index contributed by atoms with van der Waals surface area (Å²) in [5.74, 6) is 0.503. The monoisotopic (exact) mass is 296 g/mol. The summed E-state index contributed by atoms with van der Waals surface area (Å²) in [5.41, 5.74) is 1.21. The van der Waals surface area contributed by atoms with Crippen LogP contribution in [0.4, 0.5) is 11.6 Å². The van der Waals surface area contributed by atoms with E-state index < -0.39 is 10.0 Å². The van der Waals surface area contributed by atoms with Crippen LogP contribution in [0.1, 0.15) is 11.4 Å². The molecule has 0 bridgehead atoms. The number of hydrogen-bond acceptors (Lipinski definition) is 6. The summed E-state index contributed by atoms with van der Waals surface area (Å²) in [6, 6.07) is 0. The first-order chi connectivity index (χ1) is 9.31. The van der Waals surface area contributed by atoms with Gasteiger partial charge in [0.2, 0.25) is 5.95 Å². The van der Waals surface area contributed by atoms with Gasteiger partial charge in [-0.3, -0.25) is 9.82 Å². The second kappa shape index (κ2) is 5.08. The smallest absolute Gasteiger partial charge is 0.265 e. The molecule has 0 spiro atoms. The average molecular weight is 296 g/mol. The quantitative estimate of drug-likeness (QED) is 0.860. The first-order valence-corrected chi connectivity index (χ1v) is 7.33. The van der Waals surface area contributed by atoms with Gasteiger partial charge >= 0.3 is 0 Å². The van der Waals surface area contributed by atoms with Gasteiger partial charge in [-0.2, -0.15) is 5.10 Å². The number of H-pyrrole nitrogens is 1. The Labute approximate surface area is 117 Å². The van der Waals surface area contributed by atoms with Crippen molar-refractivity contribution in [1.82, 2.24) is 20.2 Å². The Hall–Kier alpha value is -2.16. The Morgan fingerprint density at radius 3 is 2.25 bits per heavy atom. The molecule has 0 fully saturated rings. The molecule has 0 saturated heterocycles. The van der Waals surface area contributed by atoms with Crippen molar-refractivity contribution >= 4 is 21.7 Å². The lowest BCUT2D eigenvalue weighted by atomic mass is 10.4. The molecule has 8 nitrogen and oxygen atoms in total. The first kappa shape index (κ1) is 14.3. The molecule has 0 radical (unpaired) electrons. The van der Waals surface area contributed by atoms with Crippen molar-refractivity contribution in [2.24, 2.45) is 0 Å². The largest absolute Gasteiger partial charge is 0.347 e. The molecule has 0 aliphatic rings. The van der Waals surface area contributed by atoms with Crippen molar-refractivity contribution < 1.29 is 8.42 Å². The minimum Gasteiger partial charge on any atom is -0.347 e. The van der Waals surface area contributed by atoms with E-state index in [0.29, 0.717) is 23.0 Å². The van der Waals surface area contributed by atoms with Crippen LogP contribution >= 0.6 is 0 Å². The average Bonchev–Trinajstić information content (AvgIpc) is 2.69. The van der Waals surface area contributed by atoms with Crippen LogP contribution in [-0.4, -0.2) is 42.7 Å². The SMILES string of the molecule is Cc1n[nH]c(C)c1S(=O)(=O)Nc1cnc(N(C)C)nc1. The van der Waals surface area contributed by atoms with Crippen molar-refractivity contribution in [2.45, 2.75) is 18.7 Å². The Morgan fingerprint density at radius 2 is 1.80 bits per heavy atom. The van der Waals surface area contributed by atoms with Gasteiger partial charge in [0.1, 0.15) is 4.90 Å². The lowest BCUT2D eigenvalue weighted by Gasteiger charge is -2.11. The summed E-state index contributed by atoms with van der Waals surface area (Å²) < 4.78 is 27.0. The van der Waals surface area contributed by atoms with Gasteiger partial charge in [0.25, 0.3) is 10.0 Å². The van der Waals surface area contributed by atoms with Gasteiger partial charge in [-0.1, -0.05) is 0 Å². The molecule has 0 aromatic carbocycles. The lowest BCUT2D eigenvalue weighted by molar-refractivity contribution is 0.600. The Kier molecular flexibility index (Phi) is 3.62. The maximum atomic E-state index is 12.3. The maximum Gasteiger partial charge on any atom is 0.265 e. The Balaban J connectivity index is 2.29. The van der Waals surface area contributed by atoms with Gasteiger partial charge in [0.05, 0.1) is 29.5 Å². The van der Waals surface area contributed by atoms with Gasteiger partial charge in [0.15, 0.2) is 0 Å². The third-order valence-corrected chi connectivity index (χ3v) is 4.26. The molecule has 0 aliphatic carbocycles. The highest BCUT2D eigenvalue weighted by molar-refractivity contribution is 7.92. The summed E-state index contributed by atoms with van der Waals surface area (Å²) in [4.78, 5) is 9.98. The van der Waals surface area contributed by atoms with Gasteiger partial charge in [0, 0.05) is 14.1 Å². The van der Waals surface area contributed by atoms with Crippen LogP contribution in [0.15, 0.2) is 17.3 Å². The van der Waals surface area contributed by atoms with Crippen LogP contribution in [0.5, 0.6) is 0 Å². The summed E-state index contributed by atoms with van der Waals surface area (Å²) in [6.45, 7) is 3.28. The second-order valence-electron chi connectivity index (χ2n) is 4.53. The van der Waals surface area contributed by atoms with Crippen molar-refractivity contribution in [2.75, 3.05) is 23.7 Å². The summed E-state index contributed by atoms with van der Waals surface area (Å²) in [7, 11) is -0.0959. The number of aryl methyl sites for hydroxylation is 2. The van der Waals surface area contributed by atoms with Gasteiger partial charge in [-0.05, 0) is 13.8 Å². The third-order valence-electron chi connectivity index (χ3n) is 2.62. The molecule has 0 amide bonds. The van der Waals surface area contributed by atoms with Gasteiger partial charge in [-0.15, -0.1) is 0 Å². The van der Waals surface area contributed by atoms with E-state index in [9.17, 15) is 8.42 Å². The fourth-order valence-electron chi connectivity index (χ4n) is 1.75. The predicted octanol–water partition coefficient (Wildman–Crippen LogP) is 0.683. The maximum absolute atomic E-state index is 12.3. The molecule has 2 aromatic rings. The van der Waals surface area contributed by atoms with E-state index in [4.69, 9.17) is 0 Å². The topological polar surface area (TPSA) is 104 Å². The van der Waals surface area contributed by atoms with Gasteiger partial charge < -0.3 is 4.90 Å². The molecule has 2 N–H and O–H groups in total. The molecule has 2 aromatic heterocycles. The van der Waals surface area contributed by atoms with Crippen LogP contribution in [0.2, 0.25) is 0 Å². The number of aromatic nitrogens is 4. The zero-order chi connectivity index (χ0) is 14.9. The summed E-state index contributed by atoms with van der Waals surface area (Å²) >= 11 is 0. The minimum absolute atomic E-state index is 0.147. The molecule has 20 heavy (non-hydrogen) atoms. The number of nitrogens with one attached hydrogen (secondary N) is 2. The van der Waals surface area contributed by atoms with E-state index >= 15 is 0 Å². The van der Waals surface area contributed by atoms with E-state index in [1.165, 1.54) is 12.4 Å². The number of sulfonamides is 1. The summed E-state index contributed by atoms with van der Waals surface area (Å²) in [6.07, 6.45) is 2.84. The highest BCUT2D eigenvalue weighted by Crippen LogP contribution is 2.20.